The minimum Gasteiger partial charge on any atom is -0.462 e. The molecule has 0 saturated heterocycles. The highest BCUT2D eigenvalue weighted by Crippen LogP contribution is 2.43. The van der Waals surface area contributed by atoms with E-state index in [9.17, 15) is 19.0 Å². The predicted octanol–water partition coefficient (Wildman–Crippen LogP) is 21.4. The second kappa shape index (κ2) is 62.7. The van der Waals surface area contributed by atoms with Gasteiger partial charge < -0.3 is 20.1 Å². The molecule has 0 rings (SSSR count). The summed E-state index contributed by atoms with van der Waals surface area (Å²) in [6.45, 7) is 3.77. The van der Waals surface area contributed by atoms with Crippen LogP contribution in [0, 0.1) is 0 Å². The number of unbranched alkanes of at least 4 members (excludes halogenated alkanes) is 47. The summed E-state index contributed by atoms with van der Waals surface area (Å²) in [6, 6.07) is 0. The molecule has 0 amide bonds. The summed E-state index contributed by atoms with van der Waals surface area (Å²) in [4.78, 5) is 35.2. The lowest BCUT2D eigenvalue weighted by atomic mass is 10.0. The molecule has 0 aromatic heterocycles. The number of allylic oxidation sites excluding steroid dienone is 4. The Morgan fingerprint density at radius 1 is 0.395 bits per heavy atom. The maximum absolute atomic E-state index is 12.7. The average Bonchev–Trinajstić information content (AvgIpc) is 3.41. The van der Waals surface area contributed by atoms with Gasteiger partial charge in [-0.3, -0.25) is 18.6 Å². The van der Waals surface area contributed by atoms with Gasteiger partial charge in [0.2, 0.25) is 0 Å². The third-order valence-electron chi connectivity index (χ3n) is 15.1. The first-order valence-electron chi connectivity index (χ1n) is 33.3. The lowest BCUT2D eigenvalue weighted by Crippen LogP contribution is -2.29. The van der Waals surface area contributed by atoms with E-state index < -0.39 is 26.5 Å². The van der Waals surface area contributed by atoms with E-state index in [1.807, 2.05) is 0 Å². The van der Waals surface area contributed by atoms with Crippen molar-refractivity contribution < 1.29 is 37.6 Å². The number of carbonyl (C=O) groups is 2. The van der Waals surface area contributed by atoms with E-state index in [2.05, 4.69) is 38.2 Å². The van der Waals surface area contributed by atoms with Crippen molar-refractivity contribution in [2.75, 3.05) is 26.4 Å². The van der Waals surface area contributed by atoms with Crippen molar-refractivity contribution in [1.29, 1.82) is 0 Å². The van der Waals surface area contributed by atoms with Gasteiger partial charge in [0.15, 0.2) is 6.10 Å². The van der Waals surface area contributed by atoms with Gasteiger partial charge in [0.05, 0.1) is 13.2 Å². The van der Waals surface area contributed by atoms with Gasteiger partial charge in [-0.05, 0) is 44.9 Å². The van der Waals surface area contributed by atoms with E-state index >= 15 is 0 Å². The Kier molecular flexibility index (Phi) is 61.4. The van der Waals surface area contributed by atoms with Crippen LogP contribution in [0.2, 0.25) is 0 Å². The Bertz CT molecular complexity index is 1290. The van der Waals surface area contributed by atoms with E-state index in [-0.39, 0.29) is 38.6 Å². The molecule has 0 fully saturated rings. The lowest BCUT2D eigenvalue weighted by molar-refractivity contribution is -0.161. The maximum Gasteiger partial charge on any atom is 0.472 e. The van der Waals surface area contributed by atoms with Crippen LogP contribution in [-0.2, 0) is 32.7 Å². The Morgan fingerprint density at radius 3 is 1.03 bits per heavy atom. The van der Waals surface area contributed by atoms with Crippen molar-refractivity contribution in [2.45, 2.75) is 360 Å². The topological polar surface area (TPSA) is 134 Å². The minimum absolute atomic E-state index is 0.0540. The molecular weight excluding hydrogens is 966 g/mol. The number of ether oxygens (including phenoxy) is 2. The minimum atomic E-state index is -4.39. The second-order valence-electron chi connectivity index (χ2n) is 22.7. The Morgan fingerprint density at radius 2 is 0.684 bits per heavy atom. The standard InChI is InChI=1S/C66H128NO8P/c1-3-5-7-9-11-13-15-17-19-21-22-23-24-25-26-27-28-29-30-31-32-33-34-35-36-37-38-39-40-41-43-44-46-48-50-52-54-56-58-65(68)72-62-64(63-74-76(70,71)73-61-60-67)75-66(69)59-57-55-53-51-49-47-45-42-20-18-16-14-12-10-8-6-4-2/h12,14,18,20,64H,3-11,13,15-17,19,21-63,67H2,1-2H3,(H,70,71)/b14-12-,20-18-. The molecule has 0 aromatic rings. The first kappa shape index (κ1) is 74.5. The number of nitrogens with two attached hydrogens (primary N) is 1. The van der Waals surface area contributed by atoms with Crippen LogP contribution in [0.1, 0.15) is 354 Å². The summed E-state index contributed by atoms with van der Waals surface area (Å²) >= 11 is 0. The van der Waals surface area contributed by atoms with Gasteiger partial charge in [-0.25, -0.2) is 4.57 Å². The summed E-state index contributed by atoms with van der Waals surface area (Å²) in [7, 11) is -4.39. The molecule has 0 aliphatic heterocycles. The monoisotopic (exact) mass is 1090 g/mol. The average molecular weight is 1090 g/mol. The van der Waals surface area contributed by atoms with Gasteiger partial charge >= 0.3 is 19.8 Å². The molecule has 0 aromatic carbocycles. The zero-order valence-corrected chi connectivity index (χ0v) is 51.4. The van der Waals surface area contributed by atoms with Crippen LogP contribution < -0.4 is 5.73 Å². The molecule has 76 heavy (non-hydrogen) atoms. The van der Waals surface area contributed by atoms with Crippen LogP contribution in [0.5, 0.6) is 0 Å². The number of hydrogen-bond acceptors (Lipinski definition) is 8. The van der Waals surface area contributed by atoms with Crippen LogP contribution >= 0.6 is 7.82 Å². The second-order valence-corrected chi connectivity index (χ2v) is 24.2. The molecule has 10 heteroatoms. The summed E-state index contributed by atoms with van der Waals surface area (Å²) in [5.74, 6) is -0.819. The van der Waals surface area contributed by atoms with Crippen molar-refractivity contribution in [3.8, 4) is 0 Å². The molecule has 0 aliphatic carbocycles. The number of phosphoric acid groups is 1. The third kappa shape index (κ3) is 61.7. The molecule has 0 spiro atoms. The van der Waals surface area contributed by atoms with Crippen LogP contribution in [0.25, 0.3) is 0 Å². The molecule has 3 N–H and O–H groups in total. The highest BCUT2D eigenvalue weighted by Gasteiger charge is 2.26. The normalized spacial score (nSPS) is 13.1. The number of carbonyl (C=O) groups excluding carboxylic acids is 2. The van der Waals surface area contributed by atoms with Gasteiger partial charge in [0, 0.05) is 19.4 Å². The SMILES string of the molecule is CCCCC/C=C\C/C=C\CCCCCCCCCC(=O)OC(COC(=O)CCCCCCCCCCCCCCCCCCCCCCCCCCCCCCCCCCCCCCCC)COP(=O)(O)OCCN. The van der Waals surface area contributed by atoms with E-state index in [1.54, 1.807) is 0 Å². The molecule has 0 aliphatic rings. The highest BCUT2D eigenvalue weighted by atomic mass is 31.2. The van der Waals surface area contributed by atoms with Crippen molar-refractivity contribution in [1.82, 2.24) is 0 Å². The first-order valence-corrected chi connectivity index (χ1v) is 34.8. The number of hydrogen-bond donors (Lipinski definition) is 2. The summed E-state index contributed by atoms with van der Waals surface area (Å²) in [6.07, 6.45) is 75.8. The third-order valence-corrected chi connectivity index (χ3v) is 16.1. The van der Waals surface area contributed by atoms with E-state index in [0.29, 0.717) is 6.42 Å². The fourth-order valence-electron chi connectivity index (χ4n) is 10.1. The summed E-state index contributed by atoms with van der Waals surface area (Å²) < 4.78 is 33.1. The van der Waals surface area contributed by atoms with Gasteiger partial charge in [-0.15, -0.1) is 0 Å². The maximum atomic E-state index is 12.7. The van der Waals surface area contributed by atoms with Crippen LogP contribution in [0.3, 0.4) is 0 Å². The summed E-state index contributed by atoms with van der Waals surface area (Å²) in [5, 5.41) is 0. The fourth-order valence-corrected chi connectivity index (χ4v) is 10.9. The summed E-state index contributed by atoms with van der Waals surface area (Å²) in [5.41, 5.74) is 5.39. The van der Waals surface area contributed by atoms with Crippen molar-refractivity contribution >= 4 is 19.8 Å². The molecular formula is C66H128NO8P. The zero-order valence-electron chi connectivity index (χ0n) is 50.5. The lowest BCUT2D eigenvalue weighted by Gasteiger charge is -2.19. The molecule has 9 nitrogen and oxygen atoms in total. The van der Waals surface area contributed by atoms with E-state index in [4.69, 9.17) is 24.3 Å². The molecule has 0 heterocycles. The van der Waals surface area contributed by atoms with Gasteiger partial charge in [-0.1, -0.05) is 321 Å². The van der Waals surface area contributed by atoms with Crippen molar-refractivity contribution in [2.24, 2.45) is 5.73 Å². The molecule has 2 atom stereocenters. The number of esters is 2. The van der Waals surface area contributed by atoms with Crippen LogP contribution in [0.4, 0.5) is 0 Å². The van der Waals surface area contributed by atoms with Crippen molar-refractivity contribution in [3.63, 3.8) is 0 Å². The highest BCUT2D eigenvalue weighted by molar-refractivity contribution is 7.47. The zero-order chi connectivity index (χ0) is 55.2. The first-order chi connectivity index (χ1) is 37.3. The van der Waals surface area contributed by atoms with E-state index in [0.717, 1.165) is 51.4 Å². The van der Waals surface area contributed by atoms with Crippen molar-refractivity contribution in [3.05, 3.63) is 24.3 Å². The molecule has 2 unspecified atom stereocenters. The Hall–Kier alpha value is -1.51. The van der Waals surface area contributed by atoms with E-state index in [1.165, 1.54) is 270 Å². The molecule has 0 bridgehead atoms. The molecule has 0 saturated carbocycles. The van der Waals surface area contributed by atoms with Gasteiger partial charge in [-0.2, -0.15) is 0 Å². The quantitative estimate of drug-likeness (QED) is 0.0264. The van der Waals surface area contributed by atoms with Crippen LogP contribution in [-0.4, -0.2) is 49.3 Å². The fraction of sp³-hybridized carbons (Fsp3) is 0.909. The smallest absolute Gasteiger partial charge is 0.462 e. The van der Waals surface area contributed by atoms with Crippen LogP contribution in [0.15, 0.2) is 24.3 Å². The predicted molar refractivity (Wildman–Crippen MR) is 326 cm³/mol. The largest absolute Gasteiger partial charge is 0.472 e. The van der Waals surface area contributed by atoms with Gasteiger partial charge in [0.25, 0.3) is 0 Å². The van der Waals surface area contributed by atoms with Gasteiger partial charge in [0.1, 0.15) is 6.61 Å². The Balaban J connectivity index is 3.73. The number of phosphoric ester groups is 1. The molecule has 0 radical (unpaired) electrons. The Labute approximate surface area is 472 Å². The molecule has 450 valence electrons. The number of rotatable bonds is 64.